The van der Waals surface area contributed by atoms with E-state index in [1.807, 2.05) is 0 Å². The molecule has 0 rings (SSSR count). The average molecular weight is 874 g/mol. The van der Waals surface area contributed by atoms with Gasteiger partial charge in [0.15, 0.2) is 0 Å². The van der Waals surface area contributed by atoms with Crippen molar-refractivity contribution < 1.29 is 32.8 Å². The first-order valence-electron chi connectivity index (χ1n) is 24.6. The van der Waals surface area contributed by atoms with Gasteiger partial charge in [-0.2, -0.15) is 0 Å². The van der Waals surface area contributed by atoms with Crippen LogP contribution in [-0.4, -0.2) is 49.9 Å². The minimum atomic E-state index is -4.29. The van der Waals surface area contributed by atoms with Crippen LogP contribution in [0.25, 0.3) is 0 Å². The predicted octanol–water partition coefficient (Wildman–Crippen LogP) is 15.3. The molecule has 0 saturated carbocycles. The van der Waals surface area contributed by atoms with E-state index in [2.05, 4.69) is 98.9 Å². The van der Waals surface area contributed by atoms with Crippen molar-refractivity contribution >= 4 is 13.8 Å². The number of esters is 1. The van der Waals surface area contributed by atoms with E-state index < -0.39 is 13.9 Å². The highest BCUT2D eigenvalue weighted by molar-refractivity contribution is 7.47. The molecule has 0 spiro atoms. The Morgan fingerprint density at radius 2 is 0.918 bits per heavy atom. The van der Waals surface area contributed by atoms with Gasteiger partial charge in [0.2, 0.25) is 0 Å². The molecular formula is C52H92NO7P. The molecule has 2 unspecified atom stereocenters. The maximum Gasteiger partial charge on any atom is 0.472 e. The first kappa shape index (κ1) is 58.7. The van der Waals surface area contributed by atoms with Crippen molar-refractivity contribution in [3.8, 4) is 0 Å². The minimum absolute atomic E-state index is 0.0933. The average Bonchev–Trinajstić information content (AvgIpc) is 3.25. The van der Waals surface area contributed by atoms with Gasteiger partial charge >= 0.3 is 13.8 Å². The maximum atomic E-state index is 12.6. The van der Waals surface area contributed by atoms with Gasteiger partial charge in [-0.05, 0) is 89.9 Å². The molecule has 0 aliphatic rings. The third-order valence-corrected chi connectivity index (χ3v) is 11.0. The largest absolute Gasteiger partial charge is 0.472 e. The number of ether oxygens (including phenoxy) is 2. The highest BCUT2D eigenvalue weighted by Crippen LogP contribution is 2.43. The highest BCUT2D eigenvalue weighted by Gasteiger charge is 2.25. The van der Waals surface area contributed by atoms with E-state index in [0.717, 1.165) is 89.9 Å². The number of allylic oxidation sites excluding steroid dienone is 14. The molecule has 0 heterocycles. The van der Waals surface area contributed by atoms with E-state index in [1.54, 1.807) is 0 Å². The summed E-state index contributed by atoms with van der Waals surface area (Å²) < 4.78 is 33.5. The number of phosphoric ester groups is 1. The molecular weight excluding hydrogens is 782 g/mol. The van der Waals surface area contributed by atoms with Gasteiger partial charge in [-0.1, -0.05) is 189 Å². The van der Waals surface area contributed by atoms with Crippen molar-refractivity contribution in [2.45, 2.75) is 206 Å². The van der Waals surface area contributed by atoms with E-state index in [-0.39, 0.29) is 32.3 Å². The molecule has 0 aromatic heterocycles. The van der Waals surface area contributed by atoms with Crippen LogP contribution in [-0.2, 0) is 27.9 Å². The Bertz CT molecular complexity index is 1210. The normalized spacial score (nSPS) is 14.1. The third-order valence-electron chi connectivity index (χ3n) is 10.0. The number of nitrogens with two attached hydrogens (primary N) is 1. The van der Waals surface area contributed by atoms with Crippen LogP contribution < -0.4 is 5.73 Å². The summed E-state index contributed by atoms with van der Waals surface area (Å²) in [5, 5.41) is 0. The van der Waals surface area contributed by atoms with Crippen molar-refractivity contribution in [2.75, 3.05) is 33.0 Å². The summed E-state index contributed by atoms with van der Waals surface area (Å²) in [4.78, 5) is 22.5. The molecule has 3 N–H and O–H groups in total. The second-order valence-corrected chi connectivity index (χ2v) is 17.4. The summed E-state index contributed by atoms with van der Waals surface area (Å²) in [6.07, 6.45) is 63.2. The quantitative estimate of drug-likeness (QED) is 0.0269. The number of unbranched alkanes of at least 4 members (excludes halogenated alkanes) is 19. The van der Waals surface area contributed by atoms with Gasteiger partial charge < -0.3 is 20.1 Å². The second-order valence-electron chi connectivity index (χ2n) is 15.9. The van der Waals surface area contributed by atoms with Crippen molar-refractivity contribution in [3.05, 3.63) is 85.1 Å². The second kappa shape index (κ2) is 48.7. The minimum Gasteiger partial charge on any atom is -0.457 e. The molecule has 0 bridgehead atoms. The number of carbonyl (C=O) groups excluding carboxylic acids is 1. The standard InChI is InChI=1S/C52H92NO7P/c1-3-5-7-9-11-13-15-17-19-21-22-23-24-25-26-27-28-29-30-32-34-36-38-40-42-44-47-57-49-51(50-59-61(55,56)58-48-46-53)60-52(54)45-43-41-39-37-35-33-31-20-18-16-14-12-10-8-6-4-2/h5,7,11,13-14,16-17,19-20,22-23,25-26,31,51H,3-4,6,8-10,12,15,18,21,24,27-30,32-50,53H2,1-2H3,(H,55,56)/b7-5-,13-11-,16-14-,19-17-,23-22-,26-25-,31-20-. The van der Waals surface area contributed by atoms with Crippen molar-refractivity contribution in [3.63, 3.8) is 0 Å². The highest BCUT2D eigenvalue weighted by atomic mass is 31.2. The molecule has 0 aliphatic carbocycles. The summed E-state index contributed by atoms with van der Waals surface area (Å²) in [7, 11) is -4.29. The third kappa shape index (κ3) is 48.6. The van der Waals surface area contributed by atoms with E-state index in [1.165, 1.54) is 89.9 Å². The molecule has 61 heavy (non-hydrogen) atoms. The zero-order valence-electron chi connectivity index (χ0n) is 39.1. The van der Waals surface area contributed by atoms with Gasteiger partial charge in [0.25, 0.3) is 0 Å². The zero-order chi connectivity index (χ0) is 44.4. The molecule has 9 heteroatoms. The van der Waals surface area contributed by atoms with Crippen LogP contribution in [0.4, 0.5) is 0 Å². The predicted molar refractivity (Wildman–Crippen MR) is 261 cm³/mol. The van der Waals surface area contributed by atoms with Crippen LogP contribution in [0.5, 0.6) is 0 Å². The Morgan fingerprint density at radius 1 is 0.508 bits per heavy atom. The van der Waals surface area contributed by atoms with E-state index in [9.17, 15) is 14.3 Å². The molecule has 0 fully saturated rings. The molecule has 0 saturated heterocycles. The molecule has 352 valence electrons. The lowest BCUT2D eigenvalue weighted by molar-refractivity contribution is -0.154. The molecule has 0 aromatic carbocycles. The molecule has 0 radical (unpaired) electrons. The monoisotopic (exact) mass is 874 g/mol. The number of rotatable bonds is 46. The number of hydrogen-bond donors (Lipinski definition) is 2. The van der Waals surface area contributed by atoms with Crippen LogP contribution in [0.2, 0.25) is 0 Å². The van der Waals surface area contributed by atoms with E-state index in [4.69, 9.17) is 24.3 Å². The smallest absolute Gasteiger partial charge is 0.457 e. The van der Waals surface area contributed by atoms with Gasteiger partial charge in [0.05, 0.1) is 19.8 Å². The molecule has 2 atom stereocenters. The lowest BCUT2D eigenvalue weighted by Crippen LogP contribution is -2.28. The fourth-order valence-corrected chi connectivity index (χ4v) is 7.23. The fourth-order valence-electron chi connectivity index (χ4n) is 6.47. The van der Waals surface area contributed by atoms with Crippen LogP contribution in [0, 0.1) is 0 Å². The van der Waals surface area contributed by atoms with E-state index in [0.29, 0.717) is 13.0 Å². The summed E-state index contributed by atoms with van der Waals surface area (Å²) in [5.41, 5.74) is 5.38. The van der Waals surface area contributed by atoms with Crippen LogP contribution >= 0.6 is 7.82 Å². The summed E-state index contributed by atoms with van der Waals surface area (Å²) in [5.74, 6) is -0.348. The van der Waals surface area contributed by atoms with Gasteiger partial charge in [0, 0.05) is 19.6 Å². The summed E-state index contributed by atoms with van der Waals surface area (Å²) in [6, 6.07) is 0. The van der Waals surface area contributed by atoms with Crippen LogP contribution in [0.15, 0.2) is 85.1 Å². The Morgan fingerprint density at radius 3 is 1.38 bits per heavy atom. The van der Waals surface area contributed by atoms with Gasteiger partial charge in [0.1, 0.15) is 6.10 Å². The Balaban J connectivity index is 3.98. The van der Waals surface area contributed by atoms with Gasteiger partial charge in [-0.25, -0.2) is 4.57 Å². The molecule has 0 amide bonds. The number of carbonyl (C=O) groups is 1. The van der Waals surface area contributed by atoms with Gasteiger partial charge in [-0.15, -0.1) is 0 Å². The molecule has 0 aromatic rings. The SMILES string of the molecule is CC/C=C\C/C=C\C/C=C\C/C=C\C/C=C\CCCCCCCCCCCCOCC(COP(=O)(O)OCCN)OC(=O)CCCCCCC/C=C\C/C=C\CCCCCC. The topological polar surface area (TPSA) is 117 Å². The summed E-state index contributed by atoms with van der Waals surface area (Å²) in [6.45, 7) is 4.76. The Hall–Kier alpha value is -2.32. The Kier molecular flexibility index (Phi) is 46.9. The molecule has 0 aliphatic heterocycles. The lowest BCUT2D eigenvalue weighted by atomic mass is 10.1. The van der Waals surface area contributed by atoms with Crippen molar-refractivity contribution in [1.82, 2.24) is 0 Å². The summed E-state index contributed by atoms with van der Waals surface area (Å²) >= 11 is 0. The fraction of sp³-hybridized carbons (Fsp3) is 0.712. The first-order chi connectivity index (χ1) is 29.9. The van der Waals surface area contributed by atoms with E-state index >= 15 is 0 Å². The van der Waals surface area contributed by atoms with Gasteiger partial charge in [-0.3, -0.25) is 13.8 Å². The number of hydrogen-bond acceptors (Lipinski definition) is 7. The first-order valence-corrected chi connectivity index (χ1v) is 26.1. The van der Waals surface area contributed by atoms with Crippen molar-refractivity contribution in [2.24, 2.45) is 5.73 Å². The maximum absolute atomic E-state index is 12.6. The Labute approximate surface area is 375 Å². The van der Waals surface area contributed by atoms with Crippen LogP contribution in [0.3, 0.4) is 0 Å². The van der Waals surface area contributed by atoms with Crippen molar-refractivity contribution in [1.29, 1.82) is 0 Å². The zero-order valence-corrected chi connectivity index (χ0v) is 40.0. The number of phosphoric acid groups is 1. The lowest BCUT2D eigenvalue weighted by Gasteiger charge is -2.20. The molecule has 8 nitrogen and oxygen atoms in total. The van der Waals surface area contributed by atoms with Crippen LogP contribution in [0.1, 0.15) is 200 Å².